The van der Waals surface area contributed by atoms with Crippen molar-refractivity contribution in [2.24, 2.45) is 0 Å². The third-order valence-electron chi connectivity index (χ3n) is 7.57. The summed E-state index contributed by atoms with van der Waals surface area (Å²) in [6.45, 7) is 6.93. The van der Waals surface area contributed by atoms with Crippen LogP contribution < -0.4 is 10.2 Å². The van der Waals surface area contributed by atoms with Gasteiger partial charge in [-0.2, -0.15) is 0 Å². The Kier molecular flexibility index (Phi) is 10.8. The molecule has 2 N–H and O–H groups in total. The summed E-state index contributed by atoms with van der Waals surface area (Å²) >= 11 is 6.12. The van der Waals surface area contributed by atoms with E-state index in [1.165, 1.54) is 0 Å². The first-order chi connectivity index (χ1) is 17.0. The SMILES string of the molecule is C[C@@H]1C[C@@H](O)c2ncnc(N3CCN(C(=O)[C@H](CNC4CCOCC4)c4ccc(Cl)cc4)CC3)c21.Cl.Cl. The summed E-state index contributed by atoms with van der Waals surface area (Å²) < 4.78 is 5.48. The van der Waals surface area contributed by atoms with Gasteiger partial charge in [-0.25, -0.2) is 9.97 Å². The van der Waals surface area contributed by atoms with E-state index in [0.29, 0.717) is 50.2 Å². The average Bonchev–Trinajstić information content (AvgIpc) is 3.19. The number of aliphatic hydroxyl groups excluding tert-OH is 1. The number of ether oxygens (including phenoxy) is 1. The summed E-state index contributed by atoms with van der Waals surface area (Å²) in [5.41, 5.74) is 2.79. The average molecular weight is 573 g/mol. The predicted octanol–water partition coefficient (Wildman–Crippen LogP) is 3.72. The van der Waals surface area contributed by atoms with Crippen molar-refractivity contribution in [3.63, 3.8) is 0 Å². The molecule has 3 atom stereocenters. The van der Waals surface area contributed by atoms with E-state index >= 15 is 0 Å². The van der Waals surface area contributed by atoms with Gasteiger partial charge >= 0.3 is 0 Å². The highest BCUT2D eigenvalue weighted by Crippen LogP contribution is 2.42. The van der Waals surface area contributed by atoms with Crippen molar-refractivity contribution in [1.29, 1.82) is 0 Å². The number of halogens is 3. The zero-order chi connectivity index (χ0) is 24.4. The minimum Gasteiger partial charge on any atom is -0.387 e. The number of hydrogen-bond donors (Lipinski definition) is 2. The third-order valence-corrected chi connectivity index (χ3v) is 7.82. The van der Waals surface area contributed by atoms with E-state index in [4.69, 9.17) is 16.3 Å². The molecule has 2 aromatic rings. The minimum absolute atomic E-state index is 0. The fourth-order valence-corrected chi connectivity index (χ4v) is 5.67. The van der Waals surface area contributed by atoms with E-state index in [0.717, 1.165) is 48.7 Å². The Morgan fingerprint density at radius 1 is 1.14 bits per heavy atom. The summed E-state index contributed by atoms with van der Waals surface area (Å²) in [6, 6.07) is 8.01. The number of aliphatic hydroxyl groups is 1. The molecule has 0 spiro atoms. The van der Waals surface area contributed by atoms with E-state index in [-0.39, 0.29) is 42.6 Å². The summed E-state index contributed by atoms with van der Waals surface area (Å²) in [4.78, 5) is 26.8. The lowest BCUT2D eigenvalue weighted by Crippen LogP contribution is -2.51. The molecule has 1 aliphatic carbocycles. The van der Waals surface area contributed by atoms with Crippen molar-refractivity contribution in [1.82, 2.24) is 20.2 Å². The maximum atomic E-state index is 13.7. The highest BCUT2D eigenvalue weighted by atomic mass is 35.5. The first-order valence-electron chi connectivity index (χ1n) is 12.6. The van der Waals surface area contributed by atoms with Crippen LogP contribution in [-0.2, 0) is 9.53 Å². The summed E-state index contributed by atoms with van der Waals surface area (Å²) in [5.74, 6) is 1.01. The lowest BCUT2D eigenvalue weighted by Gasteiger charge is -2.38. The highest BCUT2D eigenvalue weighted by molar-refractivity contribution is 6.30. The van der Waals surface area contributed by atoms with E-state index < -0.39 is 6.10 Å². The Labute approximate surface area is 235 Å². The fraction of sp³-hybridized carbons (Fsp3) is 0.577. The second-order valence-corrected chi connectivity index (χ2v) is 10.3. The van der Waals surface area contributed by atoms with Gasteiger partial charge in [0.25, 0.3) is 0 Å². The van der Waals surface area contributed by atoms with Crippen LogP contribution in [0.2, 0.25) is 5.02 Å². The van der Waals surface area contributed by atoms with E-state index in [2.05, 4.69) is 27.1 Å². The predicted molar refractivity (Wildman–Crippen MR) is 149 cm³/mol. The maximum absolute atomic E-state index is 13.7. The van der Waals surface area contributed by atoms with Gasteiger partial charge in [0.2, 0.25) is 5.91 Å². The van der Waals surface area contributed by atoms with Crippen LogP contribution in [0, 0.1) is 0 Å². The van der Waals surface area contributed by atoms with Crippen molar-refractivity contribution in [3.8, 4) is 0 Å². The number of amides is 1. The van der Waals surface area contributed by atoms with E-state index in [1.54, 1.807) is 6.33 Å². The Balaban J connectivity index is 0.00000190. The summed E-state index contributed by atoms with van der Waals surface area (Å²) in [7, 11) is 0. The second kappa shape index (κ2) is 13.4. The first kappa shape index (κ1) is 29.9. The molecule has 37 heavy (non-hydrogen) atoms. The number of nitrogens with one attached hydrogen (secondary N) is 1. The normalized spacial score (nSPS) is 22.6. The number of fused-ring (bicyclic) bond motifs is 1. The van der Waals surface area contributed by atoms with Gasteiger partial charge in [0, 0.05) is 62.6 Å². The van der Waals surface area contributed by atoms with Gasteiger partial charge in [0.1, 0.15) is 12.1 Å². The Morgan fingerprint density at radius 3 is 2.49 bits per heavy atom. The molecule has 3 heterocycles. The lowest BCUT2D eigenvalue weighted by atomic mass is 9.96. The monoisotopic (exact) mass is 571 g/mol. The van der Waals surface area contributed by atoms with Crippen molar-refractivity contribution in [2.45, 2.75) is 50.2 Å². The number of carbonyl (C=O) groups is 1. The van der Waals surface area contributed by atoms with Gasteiger partial charge in [-0.1, -0.05) is 30.7 Å². The molecule has 1 amide bonds. The molecular weight excluding hydrogens is 537 g/mol. The second-order valence-electron chi connectivity index (χ2n) is 9.86. The number of benzene rings is 1. The molecule has 2 saturated heterocycles. The molecule has 0 radical (unpaired) electrons. The fourth-order valence-electron chi connectivity index (χ4n) is 5.54. The van der Waals surface area contributed by atoms with Crippen LogP contribution >= 0.6 is 36.4 Å². The minimum atomic E-state index is -0.520. The van der Waals surface area contributed by atoms with Crippen molar-refractivity contribution < 1.29 is 14.6 Å². The number of nitrogens with zero attached hydrogens (tertiary/aromatic N) is 4. The van der Waals surface area contributed by atoms with Crippen LogP contribution in [0.3, 0.4) is 0 Å². The maximum Gasteiger partial charge on any atom is 0.231 e. The number of aromatic nitrogens is 2. The van der Waals surface area contributed by atoms with Gasteiger partial charge in [-0.15, -0.1) is 24.8 Å². The Hall–Kier alpha value is -1.68. The third kappa shape index (κ3) is 6.67. The quantitative estimate of drug-likeness (QED) is 0.545. The molecule has 0 bridgehead atoms. The van der Waals surface area contributed by atoms with Crippen LogP contribution in [0.5, 0.6) is 0 Å². The molecule has 11 heteroatoms. The molecule has 5 rings (SSSR count). The Morgan fingerprint density at radius 2 is 1.81 bits per heavy atom. The molecular formula is C26H36Cl3N5O3. The molecule has 8 nitrogen and oxygen atoms in total. The molecule has 0 unspecified atom stereocenters. The molecule has 0 saturated carbocycles. The van der Waals surface area contributed by atoms with Gasteiger partial charge in [0.05, 0.1) is 17.7 Å². The Bertz CT molecular complexity index is 1030. The van der Waals surface area contributed by atoms with Crippen LogP contribution in [0.25, 0.3) is 0 Å². The zero-order valence-electron chi connectivity index (χ0n) is 21.0. The van der Waals surface area contributed by atoms with Crippen LogP contribution in [-0.4, -0.2) is 77.9 Å². The largest absolute Gasteiger partial charge is 0.387 e. The molecule has 2 fully saturated rings. The number of carbonyl (C=O) groups excluding carboxylic acids is 1. The lowest BCUT2D eigenvalue weighted by molar-refractivity contribution is -0.133. The molecule has 204 valence electrons. The van der Waals surface area contributed by atoms with Gasteiger partial charge in [-0.05, 0) is 42.9 Å². The van der Waals surface area contributed by atoms with Gasteiger partial charge in [-0.3, -0.25) is 4.79 Å². The number of hydrogen-bond acceptors (Lipinski definition) is 7. The number of rotatable bonds is 6. The van der Waals surface area contributed by atoms with Crippen LogP contribution in [0.15, 0.2) is 30.6 Å². The van der Waals surface area contributed by atoms with Crippen molar-refractivity contribution in [2.75, 3.05) is 50.8 Å². The molecule has 2 aliphatic heterocycles. The van der Waals surface area contributed by atoms with Gasteiger partial charge in [0.15, 0.2) is 0 Å². The summed E-state index contributed by atoms with van der Waals surface area (Å²) in [6.07, 6.45) is 3.65. The number of anilines is 1. The smallest absolute Gasteiger partial charge is 0.231 e. The van der Waals surface area contributed by atoms with E-state index in [9.17, 15) is 9.90 Å². The zero-order valence-corrected chi connectivity index (χ0v) is 23.4. The van der Waals surface area contributed by atoms with E-state index in [1.807, 2.05) is 29.2 Å². The molecule has 1 aromatic carbocycles. The molecule has 3 aliphatic rings. The van der Waals surface area contributed by atoms with Gasteiger partial charge < -0.3 is 25.0 Å². The van der Waals surface area contributed by atoms with Crippen molar-refractivity contribution in [3.05, 3.63) is 52.4 Å². The molecule has 1 aromatic heterocycles. The van der Waals surface area contributed by atoms with Crippen LogP contribution in [0.4, 0.5) is 5.82 Å². The first-order valence-corrected chi connectivity index (χ1v) is 13.0. The van der Waals surface area contributed by atoms with Crippen molar-refractivity contribution >= 4 is 48.1 Å². The number of piperazine rings is 1. The van der Waals surface area contributed by atoms with Crippen LogP contribution in [0.1, 0.15) is 60.9 Å². The highest BCUT2D eigenvalue weighted by Gasteiger charge is 2.35. The topological polar surface area (TPSA) is 90.8 Å². The standard InChI is InChI=1S/C26H34ClN5O3.2ClH/c1-17-14-22(33)24-23(17)25(30-16-29-24)31-8-10-32(11-9-31)26(34)21(18-2-4-19(27)5-3-18)15-28-20-6-12-35-13-7-20;;/h2-5,16-17,20-22,28,33H,6-15H2,1H3;2*1H/t17-,21-,22-;;/m1../s1. The summed E-state index contributed by atoms with van der Waals surface area (Å²) in [5, 5.41) is 14.6.